The second-order valence-electron chi connectivity index (χ2n) is 6.31. The molecule has 0 heterocycles. The van der Waals surface area contributed by atoms with Crippen molar-refractivity contribution < 1.29 is 5.11 Å². The highest BCUT2D eigenvalue weighted by molar-refractivity contribution is 6.76. The number of aromatic hydroxyl groups is 1. The van der Waals surface area contributed by atoms with Crippen LogP contribution in [0, 0.1) is 0 Å². The second kappa shape index (κ2) is 6.10. The Morgan fingerprint density at radius 1 is 0.950 bits per heavy atom. The predicted molar refractivity (Wildman–Crippen MR) is 90.7 cm³/mol. The summed E-state index contributed by atoms with van der Waals surface area (Å²) in [6.45, 7) is 7.03. The van der Waals surface area contributed by atoms with Gasteiger partial charge >= 0.3 is 0 Å². The van der Waals surface area contributed by atoms with Gasteiger partial charge in [-0.25, -0.2) is 0 Å². The van der Waals surface area contributed by atoms with Crippen LogP contribution in [-0.4, -0.2) is 13.2 Å². The van der Waals surface area contributed by atoms with E-state index in [-0.39, 0.29) is 0 Å². The minimum absolute atomic E-state index is 0.344. The molecule has 0 aliphatic carbocycles. The summed E-state index contributed by atoms with van der Waals surface area (Å²) in [4.78, 5) is 0. The van der Waals surface area contributed by atoms with Gasteiger partial charge in [0.05, 0.1) is 0 Å². The number of hydrogen-bond acceptors (Lipinski definition) is 1. The zero-order chi connectivity index (χ0) is 14.6. The van der Waals surface area contributed by atoms with Gasteiger partial charge in [-0.1, -0.05) is 68.2 Å². The van der Waals surface area contributed by atoms with E-state index in [1.54, 1.807) is 6.07 Å². The summed E-state index contributed by atoms with van der Waals surface area (Å²) in [5, 5.41) is 9.97. The number of hydrogen-bond donors (Lipinski definition) is 1. The quantitative estimate of drug-likeness (QED) is 0.743. The summed E-state index contributed by atoms with van der Waals surface area (Å²) in [6, 6.07) is 17.2. The number of phenolic OH excluding ortho intramolecular Hbond substituents is 1. The first-order chi connectivity index (χ1) is 9.46. The maximum atomic E-state index is 9.97. The van der Waals surface area contributed by atoms with E-state index >= 15 is 0 Å². The number of rotatable bonds is 4. The molecule has 0 spiro atoms. The van der Waals surface area contributed by atoms with Crippen molar-refractivity contribution in [3.63, 3.8) is 0 Å². The molecule has 0 bridgehead atoms. The summed E-state index contributed by atoms with van der Waals surface area (Å²) < 4.78 is 0. The van der Waals surface area contributed by atoms with E-state index in [2.05, 4.69) is 37.8 Å². The lowest BCUT2D eigenvalue weighted by Crippen LogP contribution is -2.17. The summed E-state index contributed by atoms with van der Waals surface area (Å²) >= 11 is 0. The third-order valence-electron chi connectivity index (χ3n) is 3.16. The van der Waals surface area contributed by atoms with Crippen molar-refractivity contribution >= 4 is 14.1 Å². The van der Waals surface area contributed by atoms with E-state index in [9.17, 15) is 5.11 Å². The molecule has 2 heteroatoms. The van der Waals surface area contributed by atoms with Crippen molar-refractivity contribution in [1.29, 1.82) is 0 Å². The molecule has 0 amide bonds. The molecule has 0 saturated carbocycles. The maximum Gasteiger partial charge on any atom is 0.122 e. The van der Waals surface area contributed by atoms with E-state index in [4.69, 9.17) is 0 Å². The van der Waals surface area contributed by atoms with Crippen LogP contribution >= 0.6 is 0 Å². The van der Waals surface area contributed by atoms with Crippen molar-refractivity contribution in [2.75, 3.05) is 0 Å². The Balaban J connectivity index is 2.26. The van der Waals surface area contributed by atoms with Gasteiger partial charge in [0.2, 0.25) is 0 Å². The molecule has 2 aromatic rings. The minimum Gasteiger partial charge on any atom is -0.507 e. The smallest absolute Gasteiger partial charge is 0.122 e. The molecular formula is C18H22OSi. The minimum atomic E-state index is -1.07. The molecular weight excluding hydrogens is 260 g/mol. The first-order valence-electron chi connectivity index (χ1n) is 7.01. The topological polar surface area (TPSA) is 20.2 Å². The Hall–Kier alpha value is -1.80. The third kappa shape index (κ3) is 4.10. The summed E-state index contributed by atoms with van der Waals surface area (Å²) in [5.41, 5.74) is 3.20. The molecule has 0 fully saturated rings. The van der Waals surface area contributed by atoms with Gasteiger partial charge in [-0.3, -0.25) is 0 Å². The Bertz CT molecular complexity index is 595. The number of allylic oxidation sites excluding steroid dienone is 1. The predicted octanol–water partition coefficient (Wildman–Crippen LogP) is 5.41. The molecule has 2 aromatic carbocycles. The van der Waals surface area contributed by atoms with Crippen molar-refractivity contribution in [2.45, 2.75) is 25.7 Å². The molecule has 104 valence electrons. The van der Waals surface area contributed by atoms with E-state index < -0.39 is 8.07 Å². The third-order valence-corrected chi connectivity index (χ3v) is 4.62. The van der Waals surface area contributed by atoms with Gasteiger partial charge in [-0.05, 0) is 29.3 Å². The molecule has 20 heavy (non-hydrogen) atoms. The van der Waals surface area contributed by atoms with E-state index in [1.807, 2.05) is 36.4 Å². The van der Waals surface area contributed by atoms with Crippen LogP contribution in [0.4, 0.5) is 0 Å². The molecule has 0 aliphatic rings. The Kier molecular flexibility index (Phi) is 4.45. The SMILES string of the molecule is C[Si](C)(C)C/C=C\c1cc(-c2ccccc2)ccc1O. The highest BCUT2D eigenvalue weighted by Gasteiger charge is 2.09. The summed E-state index contributed by atoms with van der Waals surface area (Å²) in [6.07, 6.45) is 4.23. The van der Waals surface area contributed by atoms with Crippen LogP contribution in [0.1, 0.15) is 5.56 Å². The van der Waals surface area contributed by atoms with Crippen molar-refractivity contribution in [1.82, 2.24) is 0 Å². The zero-order valence-electron chi connectivity index (χ0n) is 12.4. The molecule has 0 radical (unpaired) electrons. The van der Waals surface area contributed by atoms with Crippen LogP contribution < -0.4 is 0 Å². The van der Waals surface area contributed by atoms with Crippen molar-refractivity contribution in [3.8, 4) is 16.9 Å². The normalized spacial score (nSPS) is 11.9. The van der Waals surface area contributed by atoms with Gasteiger partial charge in [0.25, 0.3) is 0 Å². The van der Waals surface area contributed by atoms with Crippen LogP contribution in [0.5, 0.6) is 5.75 Å². The van der Waals surface area contributed by atoms with E-state index in [1.165, 1.54) is 5.56 Å². The maximum absolute atomic E-state index is 9.97. The first kappa shape index (κ1) is 14.6. The second-order valence-corrected chi connectivity index (χ2v) is 11.8. The average molecular weight is 282 g/mol. The largest absolute Gasteiger partial charge is 0.507 e. The molecule has 1 N–H and O–H groups in total. The van der Waals surface area contributed by atoms with Gasteiger partial charge < -0.3 is 5.11 Å². The monoisotopic (exact) mass is 282 g/mol. The van der Waals surface area contributed by atoms with Gasteiger partial charge in [-0.15, -0.1) is 0 Å². The van der Waals surface area contributed by atoms with Crippen LogP contribution in [-0.2, 0) is 0 Å². The van der Waals surface area contributed by atoms with Gasteiger partial charge in [0.1, 0.15) is 5.75 Å². The zero-order valence-corrected chi connectivity index (χ0v) is 13.4. The lowest BCUT2D eigenvalue weighted by Gasteiger charge is -2.12. The number of phenols is 1. The van der Waals surface area contributed by atoms with E-state index in [0.717, 1.165) is 17.2 Å². The fourth-order valence-corrected chi connectivity index (χ4v) is 2.86. The lowest BCUT2D eigenvalue weighted by molar-refractivity contribution is 0.474. The Labute approximate surface area is 122 Å². The van der Waals surface area contributed by atoms with Crippen LogP contribution in [0.2, 0.25) is 25.7 Å². The fourth-order valence-electron chi connectivity index (χ4n) is 2.04. The molecule has 0 atom stereocenters. The summed E-state index contributed by atoms with van der Waals surface area (Å²) in [5.74, 6) is 0.344. The molecule has 2 rings (SSSR count). The molecule has 0 saturated heterocycles. The van der Waals surface area contributed by atoms with Crippen molar-refractivity contribution in [2.24, 2.45) is 0 Å². The Morgan fingerprint density at radius 3 is 2.30 bits per heavy atom. The Morgan fingerprint density at radius 2 is 1.65 bits per heavy atom. The van der Waals surface area contributed by atoms with Gasteiger partial charge in [0, 0.05) is 13.6 Å². The van der Waals surface area contributed by atoms with E-state index in [0.29, 0.717) is 5.75 Å². The standard InChI is InChI=1S/C18H22OSi/c1-20(2,3)13-7-10-17-14-16(11-12-18(17)19)15-8-5-4-6-9-15/h4-12,14,19H,13H2,1-3H3/b10-7-. The van der Waals surface area contributed by atoms with Gasteiger partial charge in [-0.2, -0.15) is 0 Å². The average Bonchev–Trinajstić information content (AvgIpc) is 2.40. The highest BCUT2D eigenvalue weighted by atomic mass is 28.3. The molecule has 0 aliphatic heterocycles. The summed E-state index contributed by atoms with van der Waals surface area (Å²) in [7, 11) is -1.07. The van der Waals surface area contributed by atoms with Crippen LogP contribution in [0.25, 0.3) is 17.2 Å². The molecule has 0 aromatic heterocycles. The highest BCUT2D eigenvalue weighted by Crippen LogP contribution is 2.27. The fraction of sp³-hybridized carbons (Fsp3) is 0.222. The van der Waals surface area contributed by atoms with Crippen molar-refractivity contribution in [3.05, 3.63) is 60.2 Å². The molecule has 1 nitrogen and oxygen atoms in total. The van der Waals surface area contributed by atoms with Gasteiger partial charge in [0.15, 0.2) is 0 Å². The number of benzene rings is 2. The van der Waals surface area contributed by atoms with Crippen LogP contribution in [0.15, 0.2) is 54.6 Å². The molecule has 0 unspecified atom stereocenters. The van der Waals surface area contributed by atoms with Crippen LogP contribution in [0.3, 0.4) is 0 Å². The lowest BCUT2D eigenvalue weighted by atomic mass is 10.0. The first-order valence-corrected chi connectivity index (χ1v) is 10.7.